The summed E-state index contributed by atoms with van der Waals surface area (Å²) in [5.41, 5.74) is 0.726. The molecule has 0 aromatic carbocycles. The van der Waals surface area contributed by atoms with E-state index in [9.17, 15) is 0 Å². The molecule has 3 aliphatic heterocycles. The van der Waals surface area contributed by atoms with Crippen LogP contribution < -0.4 is 0 Å². The SMILES string of the molecule is CC(C)N1CC[N+]2(CC1)CC1(CN(C(C)C)C1)C2. The molecular weight excluding hydrogens is 222 g/mol. The summed E-state index contributed by atoms with van der Waals surface area (Å²) in [4.78, 5) is 5.29. The summed E-state index contributed by atoms with van der Waals surface area (Å²) < 4.78 is 1.44. The van der Waals surface area contributed by atoms with Crippen LogP contribution in [-0.2, 0) is 0 Å². The summed E-state index contributed by atoms with van der Waals surface area (Å²) >= 11 is 0. The fraction of sp³-hybridized carbons (Fsp3) is 1.00. The van der Waals surface area contributed by atoms with Gasteiger partial charge in [0.2, 0.25) is 0 Å². The first-order valence-electron chi connectivity index (χ1n) is 7.77. The molecule has 0 bridgehead atoms. The van der Waals surface area contributed by atoms with Gasteiger partial charge in [0.15, 0.2) is 0 Å². The first-order chi connectivity index (χ1) is 8.44. The summed E-state index contributed by atoms with van der Waals surface area (Å²) in [6.07, 6.45) is 0. The Morgan fingerprint density at radius 3 is 1.78 bits per heavy atom. The number of rotatable bonds is 2. The Labute approximate surface area is 112 Å². The van der Waals surface area contributed by atoms with E-state index in [1.807, 2.05) is 0 Å². The van der Waals surface area contributed by atoms with Crippen molar-refractivity contribution in [2.75, 3.05) is 52.4 Å². The molecule has 3 heterocycles. The molecular formula is C15H30N3+. The highest BCUT2D eigenvalue weighted by molar-refractivity contribution is 5.01. The molecule has 0 amide bonds. The van der Waals surface area contributed by atoms with E-state index in [1.165, 1.54) is 56.8 Å². The van der Waals surface area contributed by atoms with Crippen molar-refractivity contribution in [1.29, 1.82) is 0 Å². The molecule has 3 rings (SSSR count). The molecule has 3 fully saturated rings. The lowest BCUT2D eigenvalue weighted by atomic mass is 9.70. The minimum absolute atomic E-state index is 0.726. The molecule has 0 aliphatic carbocycles. The molecule has 0 aromatic rings. The molecule has 3 heteroatoms. The van der Waals surface area contributed by atoms with E-state index in [4.69, 9.17) is 0 Å². The van der Waals surface area contributed by atoms with Crippen molar-refractivity contribution in [2.45, 2.75) is 39.8 Å². The number of piperazine rings is 1. The summed E-state index contributed by atoms with van der Waals surface area (Å²) in [5, 5.41) is 0. The molecule has 18 heavy (non-hydrogen) atoms. The monoisotopic (exact) mass is 252 g/mol. The van der Waals surface area contributed by atoms with Crippen LogP contribution in [0.5, 0.6) is 0 Å². The maximum absolute atomic E-state index is 2.65. The maximum Gasteiger partial charge on any atom is 0.0936 e. The highest BCUT2D eigenvalue weighted by Crippen LogP contribution is 2.45. The highest BCUT2D eigenvalue weighted by atomic mass is 15.5. The summed E-state index contributed by atoms with van der Waals surface area (Å²) in [6, 6.07) is 1.49. The smallest absolute Gasteiger partial charge is 0.0936 e. The molecule has 0 saturated carbocycles. The first kappa shape index (κ1) is 12.9. The molecule has 0 unspecified atom stereocenters. The van der Waals surface area contributed by atoms with Gasteiger partial charge >= 0.3 is 0 Å². The number of hydrogen-bond acceptors (Lipinski definition) is 2. The molecule has 3 aliphatic rings. The van der Waals surface area contributed by atoms with Crippen LogP contribution in [0.25, 0.3) is 0 Å². The van der Waals surface area contributed by atoms with Gasteiger partial charge in [-0.3, -0.25) is 9.80 Å². The van der Waals surface area contributed by atoms with Gasteiger partial charge in [0.05, 0.1) is 31.6 Å². The summed E-state index contributed by atoms with van der Waals surface area (Å²) in [6.45, 7) is 20.5. The Morgan fingerprint density at radius 2 is 1.33 bits per heavy atom. The van der Waals surface area contributed by atoms with Gasteiger partial charge in [-0.05, 0) is 27.7 Å². The number of quaternary nitrogens is 1. The number of hydrogen-bond donors (Lipinski definition) is 0. The Morgan fingerprint density at radius 1 is 0.833 bits per heavy atom. The molecule has 0 N–H and O–H groups in total. The molecule has 3 saturated heterocycles. The molecule has 2 spiro atoms. The number of likely N-dealkylation sites (tertiary alicyclic amines) is 1. The van der Waals surface area contributed by atoms with E-state index in [0.29, 0.717) is 0 Å². The fourth-order valence-electron chi connectivity index (χ4n) is 4.49. The van der Waals surface area contributed by atoms with Crippen LogP contribution in [0.3, 0.4) is 0 Å². The number of nitrogens with zero attached hydrogens (tertiary/aromatic N) is 3. The van der Waals surface area contributed by atoms with Crippen LogP contribution in [0.4, 0.5) is 0 Å². The second-order valence-corrected chi connectivity index (χ2v) is 7.73. The van der Waals surface area contributed by atoms with E-state index in [2.05, 4.69) is 37.5 Å². The highest BCUT2D eigenvalue weighted by Gasteiger charge is 2.62. The van der Waals surface area contributed by atoms with Crippen molar-refractivity contribution >= 4 is 0 Å². The Balaban J connectivity index is 1.48. The normalized spacial score (nSPS) is 31.0. The Kier molecular flexibility index (Phi) is 3.00. The average Bonchev–Trinajstić information content (AvgIpc) is 2.22. The summed E-state index contributed by atoms with van der Waals surface area (Å²) in [7, 11) is 0. The standard InChI is InChI=1S/C15H30N3/c1-13(2)16-5-7-18(8-6-16)11-15(12-18)9-17(10-15)14(3)4/h13-14H,5-12H2,1-4H3/q+1. The lowest BCUT2D eigenvalue weighted by Crippen LogP contribution is -2.82. The van der Waals surface area contributed by atoms with Gasteiger partial charge in [-0.1, -0.05) is 0 Å². The van der Waals surface area contributed by atoms with Crippen LogP contribution in [0, 0.1) is 5.41 Å². The van der Waals surface area contributed by atoms with Crippen molar-refractivity contribution in [1.82, 2.24) is 9.80 Å². The van der Waals surface area contributed by atoms with E-state index in [1.54, 1.807) is 0 Å². The zero-order valence-corrected chi connectivity index (χ0v) is 12.7. The van der Waals surface area contributed by atoms with E-state index >= 15 is 0 Å². The Bertz CT molecular complexity index is 300. The van der Waals surface area contributed by atoms with Crippen LogP contribution in [-0.4, -0.2) is 78.7 Å². The quantitative estimate of drug-likeness (QED) is 0.683. The van der Waals surface area contributed by atoms with Gasteiger partial charge in [0.1, 0.15) is 0 Å². The van der Waals surface area contributed by atoms with Gasteiger partial charge in [0, 0.05) is 38.3 Å². The minimum atomic E-state index is 0.726. The van der Waals surface area contributed by atoms with Crippen molar-refractivity contribution in [3.63, 3.8) is 0 Å². The lowest BCUT2D eigenvalue weighted by Gasteiger charge is -2.66. The second-order valence-electron chi connectivity index (χ2n) is 7.73. The third-order valence-electron chi connectivity index (χ3n) is 5.60. The average molecular weight is 252 g/mol. The molecule has 3 nitrogen and oxygen atoms in total. The topological polar surface area (TPSA) is 6.48 Å². The molecule has 0 radical (unpaired) electrons. The molecule has 104 valence electrons. The van der Waals surface area contributed by atoms with E-state index < -0.39 is 0 Å². The van der Waals surface area contributed by atoms with Crippen molar-refractivity contribution < 1.29 is 4.48 Å². The van der Waals surface area contributed by atoms with Crippen molar-refractivity contribution in [2.24, 2.45) is 5.41 Å². The Hall–Kier alpha value is -0.120. The van der Waals surface area contributed by atoms with Crippen LogP contribution in [0.1, 0.15) is 27.7 Å². The summed E-state index contributed by atoms with van der Waals surface area (Å²) in [5.74, 6) is 0. The second kappa shape index (κ2) is 4.19. The van der Waals surface area contributed by atoms with Gasteiger partial charge < -0.3 is 4.48 Å². The maximum atomic E-state index is 2.65. The third kappa shape index (κ3) is 2.00. The minimum Gasteiger partial charge on any atom is -0.320 e. The van der Waals surface area contributed by atoms with Gasteiger partial charge in [0.25, 0.3) is 0 Å². The fourth-order valence-corrected chi connectivity index (χ4v) is 4.49. The van der Waals surface area contributed by atoms with Gasteiger partial charge in [-0.15, -0.1) is 0 Å². The van der Waals surface area contributed by atoms with Crippen molar-refractivity contribution in [3.8, 4) is 0 Å². The molecule has 0 aromatic heterocycles. The first-order valence-corrected chi connectivity index (χ1v) is 7.77. The van der Waals surface area contributed by atoms with E-state index in [-0.39, 0.29) is 0 Å². The van der Waals surface area contributed by atoms with E-state index in [0.717, 1.165) is 17.5 Å². The van der Waals surface area contributed by atoms with Crippen molar-refractivity contribution in [3.05, 3.63) is 0 Å². The van der Waals surface area contributed by atoms with Gasteiger partial charge in [-0.2, -0.15) is 0 Å². The van der Waals surface area contributed by atoms with Crippen LogP contribution >= 0.6 is 0 Å². The zero-order valence-electron chi connectivity index (χ0n) is 12.7. The lowest BCUT2D eigenvalue weighted by molar-refractivity contribution is -0.989. The van der Waals surface area contributed by atoms with Gasteiger partial charge in [-0.25, -0.2) is 0 Å². The molecule has 0 atom stereocenters. The van der Waals surface area contributed by atoms with Crippen LogP contribution in [0.2, 0.25) is 0 Å². The largest absolute Gasteiger partial charge is 0.320 e. The van der Waals surface area contributed by atoms with Crippen LogP contribution in [0.15, 0.2) is 0 Å². The predicted octanol–water partition coefficient (Wildman–Crippen LogP) is 1.25. The predicted molar refractivity (Wildman–Crippen MR) is 75.6 cm³/mol. The third-order valence-corrected chi connectivity index (χ3v) is 5.60. The zero-order chi connectivity index (χ0) is 13.0.